The molecule has 1 unspecified atom stereocenters. The Bertz CT molecular complexity index is 228. The van der Waals surface area contributed by atoms with Gasteiger partial charge in [0.15, 0.2) is 0 Å². The monoisotopic (exact) mass is 170 g/mol. The molecule has 11 heavy (non-hydrogen) atoms. The number of carbonyl (C=O) groups is 1. The summed E-state index contributed by atoms with van der Waals surface area (Å²) in [5.41, 5.74) is 1.06. The van der Waals surface area contributed by atoms with Gasteiger partial charge in [-0.3, -0.25) is 4.79 Å². The van der Waals surface area contributed by atoms with Crippen LogP contribution in [0.3, 0.4) is 0 Å². The SMILES string of the molecule is CC(=O)OC(C)c1ccsc1. The van der Waals surface area contributed by atoms with E-state index in [0.717, 1.165) is 5.56 Å². The molecular formula is C8H10O2S. The van der Waals surface area contributed by atoms with Gasteiger partial charge < -0.3 is 4.74 Å². The molecule has 1 aromatic heterocycles. The fraction of sp³-hybridized carbons (Fsp3) is 0.375. The van der Waals surface area contributed by atoms with E-state index in [1.165, 1.54) is 6.92 Å². The zero-order chi connectivity index (χ0) is 8.27. The van der Waals surface area contributed by atoms with Crippen LogP contribution in [0.15, 0.2) is 16.8 Å². The first kappa shape index (κ1) is 8.27. The van der Waals surface area contributed by atoms with Crippen molar-refractivity contribution in [2.75, 3.05) is 0 Å². The predicted octanol–water partition coefficient (Wildman–Crippen LogP) is 2.37. The smallest absolute Gasteiger partial charge is 0.303 e. The van der Waals surface area contributed by atoms with Gasteiger partial charge in [-0.2, -0.15) is 11.3 Å². The number of carbonyl (C=O) groups excluding carboxylic acids is 1. The molecule has 0 saturated carbocycles. The van der Waals surface area contributed by atoms with Gasteiger partial charge in [-0.05, 0) is 23.8 Å². The van der Waals surface area contributed by atoms with Crippen LogP contribution in [0.4, 0.5) is 0 Å². The van der Waals surface area contributed by atoms with Crippen molar-refractivity contribution in [3.63, 3.8) is 0 Å². The largest absolute Gasteiger partial charge is 0.458 e. The van der Waals surface area contributed by atoms with Crippen LogP contribution in [-0.4, -0.2) is 5.97 Å². The van der Waals surface area contributed by atoms with E-state index in [9.17, 15) is 4.79 Å². The third-order valence-corrected chi connectivity index (χ3v) is 2.06. The summed E-state index contributed by atoms with van der Waals surface area (Å²) in [6, 6.07) is 1.96. The highest BCUT2D eigenvalue weighted by molar-refractivity contribution is 7.07. The molecule has 60 valence electrons. The Kier molecular flexibility index (Phi) is 2.65. The van der Waals surface area contributed by atoms with E-state index in [1.54, 1.807) is 11.3 Å². The van der Waals surface area contributed by atoms with Gasteiger partial charge in [-0.25, -0.2) is 0 Å². The van der Waals surface area contributed by atoms with E-state index in [0.29, 0.717) is 0 Å². The molecule has 1 heterocycles. The Hall–Kier alpha value is -0.830. The number of thiophene rings is 1. The molecule has 0 aliphatic carbocycles. The summed E-state index contributed by atoms with van der Waals surface area (Å²) in [6.45, 7) is 3.28. The van der Waals surface area contributed by atoms with Gasteiger partial charge in [0.05, 0.1) is 0 Å². The summed E-state index contributed by atoms with van der Waals surface area (Å²) >= 11 is 1.60. The Morgan fingerprint density at radius 3 is 2.91 bits per heavy atom. The van der Waals surface area contributed by atoms with Crippen LogP contribution >= 0.6 is 11.3 Å². The Labute approximate surface area is 69.8 Å². The van der Waals surface area contributed by atoms with Crippen LogP contribution in [0.2, 0.25) is 0 Å². The third kappa shape index (κ3) is 2.35. The van der Waals surface area contributed by atoms with E-state index in [1.807, 2.05) is 23.8 Å². The standard InChI is InChI=1S/C8H10O2S/c1-6(10-7(2)9)8-3-4-11-5-8/h3-6H,1-2H3. The van der Waals surface area contributed by atoms with Crippen LogP contribution in [0.25, 0.3) is 0 Å². The lowest BCUT2D eigenvalue weighted by molar-refractivity contribution is -0.145. The van der Waals surface area contributed by atoms with Crippen LogP contribution in [0.1, 0.15) is 25.5 Å². The molecular weight excluding hydrogens is 160 g/mol. The van der Waals surface area contributed by atoms with Gasteiger partial charge in [-0.15, -0.1) is 0 Å². The molecule has 0 N–H and O–H groups in total. The van der Waals surface area contributed by atoms with E-state index in [4.69, 9.17) is 4.74 Å². The topological polar surface area (TPSA) is 26.3 Å². The van der Waals surface area contributed by atoms with Gasteiger partial charge in [0, 0.05) is 12.5 Å². The Morgan fingerprint density at radius 1 is 1.73 bits per heavy atom. The first-order valence-electron chi connectivity index (χ1n) is 3.39. The molecule has 0 fully saturated rings. The van der Waals surface area contributed by atoms with Crippen LogP contribution in [0.5, 0.6) is 0 Å². The average Bonchev–Trinajstić information content (AvgIpc) is 2.35. The Balaban J connectivity index is 2.56. The molecule has 0 radical (unpaired) electrons. The lowest BCUT2D eigenvalue weighted by atomic mass is 10.2. The van der Waals surface area contributed by atoms with Crippen molar-refractivity contribution in [2.24, 2.45) is 0 Å². The maximum Gasteiger partial charge on any atom is 0.303 e. The zero-order valence-corrected chi connectivity index (χ0v) is 7.35. The number of esters is 1. The zero-order valence-electron chi connectivity index (χ0n) is 6.53. The lowest BCUT2D eigenvalue weighted by Gasteiger charge is -2.08. The van der Waals surface area contributed by atoms with Gasteiger partial charge in [0.1, 0.15) is 6.10 Å². The van der Waals surface area contributed by atoms with Gasteiger partial charge in [-0.1, -0.05) is 0 Å². The first-order chi connectivity index (χ1) is 5.20. The van der Waals surface area contributed by atoms with Crippen molar-refractivity contribution in [1.29, 1.82) is 0 Å². The highest BCUT2D eigenvalue weighted by atomic mass is 32.1. The van der Waals surface area contributed by atoms with Gasteiger partial charge in [0.2, 0.25) is 0 Å². The summed E-state index contributed by atoms with van der Waals surface area (Å²) in [5, 5.41) is 3.95. The summed E-state index contributed by atoms with van der Waals surface area (Å²) in [6.07, 6.45) is -0.112. The number of hydrogen-bond acceptors (Lipinski definition) is 3. The van der Waals surface area contributed by atoms with E-state index in [2.05, 4.69) is 0 Å². The summed E-state index contributed by atoms with van der Waals surface area (Å²) in [5.74, 6) is -0.233. The normalized spacial score (nSPS) is 12.5. The second-order valence-electron chi connectivity index (χ2n) is 2.31. The molecule has 0 bridgehead atoms. The average molecular weight is 170 g/mol. The second-order valence-corrected chi connectivity index (χ2v) is 3.09. The van der Waals surface area contributed by atoms with Crippen molar-refractivity contribution >= 4 is 17.3 Å². The van der Waals surface area contributed by atoms with E-state index in [-0.39, 0.29) is 12.1 Å². The molecule has 0 aliphatic rings. The van der Waals surface area contributed by atoms with Crippen molar-refractivity contribution in [3.05, 3.63) is 22.4 Å². The second kappa shape index (κ2) is 3.53. The highest BCUT2D eigenvalue weighted by Crippen LogP contribution is 2.18. The lowest BCUT2D eigenvalue weighted by Crippen LogP contribution is -2.03. The van der Waals surface area contributed by atoms with Crippen LogP contribution < -0.4 is 0 Å². The molecule has 0 amide bonds. The maximum absolute atomic E-state index is 10.5. The summed E-state index contributed by atoms with van der Waals surface area (Å²) in [7, 11) is 0. The third-order valence-electron chi connectivity index (χ3n) is 1.36. The molecule has 0 aromatic carbocycles. The summed E-state index contributed by atoms with van der Waals surface area (Å²) in [4.78, 5) is 10.5. The minimum atomic E-state index is -0.233. The molecule has 1 aromatic rings. The minimum absolute atomic E-state index is 0.112. The maximum atomic E-state index is 10.5. The molecule has 2 nitrogen and oxygen atoms in total. The van der Waals surface area contributed by atoms with Crippen molar-refractivity contribution < 1.29 is 9.53 Å². The van der Waals surface area contributed by atoms with Crippen molar-refractivity contribution in [1.82, 2.24) is 0 Å². The molecule has 0 spiro atoms. The van der Waals surface area contributed by atoms with Gasteiger partial charge >= 0.3 is 5.97 Å². The fourth-order valence-corrected chi connectivity index (χ4v) is 1.56. The molecule has 0 saturated heterocycles. The molecule has 1 atom stereocenters. The molecule has 3 heteroatoms. The number of rotatable bonds is 2. The molecule has 1 rings (SSSR count). The van der Waals surface area contributed by atoms with Crippen molar-refractivity contribution in [3.8, 4) is 0 Å². The van der Waals surface area contributed by atoms with Crippen LogP contribution in [-0.2, 0) is 9.53 Å². The molecule has 0 aliphatic heterocycles. The fourth-order valence-electron chi connectivity index (χ4n) is 0.823. The highest BCUT2D eigenvalue weighted by Gasteiger charge is 2.07. The summed E-state index contributed by atoms with van der Waals surface area (Å²) < 4.78 is 4.96. The minimum Gasteiger partial charge on any atom is -0.458 e. The van der Waals surface area contributed by atoms with Gasteiger partial charge in [0.25, 0.3) is 0 Å². The predicted molar refractivity (Wildman–Crippen MR) is 44.5 cm³/mol. The van der Waals surface area contributed by atoms with E-state index >= 15 is 0 Å². The first-order valence-corrected chi connectivity index (χ1v) is 4.33. The number of hydrogen-bond donors (Lipinski definition) is 0. The van der Waals surface area contributed by atoms with Crippen LogP contribution in [0, 0.1) is 0 Å². The Morgan fingerprint density at radius 2 is 2.45 bits per heavy atom. The quantitative estimate of drug-likeness (QED) is 0.637. The van der Waals surface area contributed by atoms with E-state index < -0.39 is 0 Å². The number of ether oxygens (including phenoxy) is 1. The van der Waals surface area contributed by atoms with Crippen molar-refractivity contribution in [2.45, 2.75) is 20.0 Å².